The third-order valence-electron chi connectivity index (χ3n) is 5.97. The molecule has 232 valence electrons. The van der Waals surface area contributed by atoms with Crippen LogP contribution in [0.3, 0.4) is 0 Å². The summed E-state index contributed by atoms with van der Waals surface area (Å²) in [5, 5.41) is 28.5. The highest BCUT2D eigenvalue weighted by Crippen LogP contribution is 2.32. The van der Waals surface area contributed by atoms with Gasteiger partial charge < -0.3 is 38.4 Å². The van der Waals surface area contributed by atoms with Crippen LogP contribution in [0, 0.1) is 0 Å². The van der Waals surface area contributed by atoms with Gasteiger partial charge in [0.05, 0.1) is 14.2 Å². The lowest BCUT2D eigenvalue weighted by molar-refractivity contribution is -0.139. The van der Waals surface area contributed by atoms with Crippen molar-refractivity contribution in [3.05, 3.63) is 68.8 Å². The number of carbonyl (C=O) groups excluding carboxylic acids is 1. The fourth-order valence-corrected chi connectivity index (χ4v) is 3.72. The first-order valence-corrected chi connectivity index (χ1v) is 11.9. The van der Waals surface area contributed by atoms with E-state index in [2.05, 4.69) is 0 Å². The van der Waals surface area contributed by atoms with Gasteiger partial charge in [-0.1, -0.05) is 14.9 Å². The number of esters is 1. The third-order valence-corrected chi connectivity index (χ3v) is 5.97. The molecule has 4 rings (SSSR count). The maximum atomic E-state index is 12.1. The van der Waals surface area contributed by atoms with Crippen LogP contribution in [-0.2, 0) is 14.4 Å². The Morgan fingerprint density at radius 2 is 1.14 bits per heavy atom. The average Bonchev–Trinajstić information content (AvgIpc) is 2.90. The smallest absolute Gasteiger partial charge is 0.347 e. The van der Waals surface area contributed by atoms with Crippen molar-refractivity contribution in [3.8, 4) is 23.0 Å². The molecule has 0 aliphatic carbocycles. The van der Waals surface area contributed by atoms with Gasteiger partial charge in [-0.3, -0.25) is 14.4 Å². The molecule has 2 aromatic carbocycles. The van der Waals surface area contributed by atoms with E-state index < -0.39 is 41.0 Å². The number of rotatable bonds is 7. The first-order chi connectivity index (χ1) is 19.3. The predicted octanol–water partition coefficient (Wildman–Crippen LogP) is 4.88. The molecule has 2 aromatic heterocycles. The molecule has 13 heteroatoms. The van der Waals surface area contributed by atoms with Gasteiger partial charge in [0, 0.05) is 19.1 Å². The standard InChI is InChI=1S/C15H14O7.C13H12O6.2CH4/c1-7(14(17)18)11-5-9-4-10(20-3)6-12(21-8(2)16)13(9)15(19)22-11;1-6(12(15)16)10-4-7-3-8(18-2)5-9(14)11(7)13(17)19-10;;/h4-7H,1-3H3,(H,17,18);3-6,14H,1-2H3,(H,15,16);2*1H4. The van der Waals surface area contributed by atoms with Gasteiger partial charge in [-0.25, -0.2) is 9.59 Å². The van der Waals surface area contributed by atoms with Gasteiger partial charge in [0.2, 0.25) is 0 Å². The topological polar surface area (TPSA) is 200 Å². The van der Waals surface area contributed by atoms with Crippen LogP contribution >= 0.6 is 0 Å². The minimum atomic E-state index is -1.12. The highest BCUT2D eigenvalue weighted by Gasteiger charge is 2.21. The summed E-state index contributed by atoms with van der Waals surface area (Å²) in [5.41, 5.74) is -1.56. The molecule has 0 aliphatic heterocycles. The van der Waals surface area contributed by atoms with Crippen molar-refractivity contribution in [2.75, 3.05) is 14.2 Å². The summed E-state index contributed by atoms with van der Waals surface area (Å²) in [6.45, 7) is 4.01. The van der Waals surface area contributed by atoms with E-state index in [1.54, 1.807) is 0 Å². The highest BCUT2D eigenvalue weighted by atomic mass is 16.5. The Morgan fingerprint density at radius 1 is 0.721 bits per heavy atom. The van der Waals surface area contributed by atoms with Gasteiger partial charge in [-0.15, -0.1) is 0 Å². The minimum absolute atomic E-state index is 0. The lowest BCUT2D eigenvalue weighted by Crippen LogP contribution is -2.12. The molecule has 0 fully saturated rings. The Kier molecular flexibility index (Phi) is 12.1. The first-order valence-electron chi connectivity index (χ1n) is 11.9. The van der Waals surface area contributed by atoms with Crippen LogP contribution in [0.4, 0.5) is 0 Å². The van der Waals surface area contributed by atoms with E-state index in [1.807, 2.05) is 0 Å². The van der Waals surface area contributed by atoms with Crippen molar-refractivity contribution in [1.82, 2.24) is 0 Å². The number of fused-ring (bicyclic) bond motifs is 2. The second-order valence-electron chi connectivity index (χ2n) is 8.79. The number of aliphatic carboxylic acids is 2. The fraction of sp³-hybridized carbons (Fsp3) is 0.300. The van der Waals surface area contributed by atoms with Crippen LogP contribution in [0.15, 0.2) is 54.8 Å². The predicted molar refractivity (Wildman–Crippen MR) is 157 cm³/mol. The molecule has 0 bridgehead atoms. The molecule has 13 nitrogen and oxygen atoms in total. The maximum Gasteiger partial charge on any atom is 0.347 e. The van der Waals surface area contributed by atoms with Gasteiger partial charge in [0.1, 0.15) is 57.1 Å². The average molecular weight is 603 g/mol. The summed E-state index contributed by atoms with van der Waals surface area (Å²) >= 11 is 0. The normalized spacial score (nSPS) is 11.6. The van der Waals surface area contributed by atoms with Crippen LogP contribution < -0.4 is 25.5 Å². The molecule has 0 radical (unpaired) electrons. The van der Waals surface area contributed by atoms with Crippen molar-refractivity contribution in [2.24, 2.45) is 0 Å². The lowest BCUT2D eigenvalue weighted by Gasteiger charge is -2.10. The molecule has 2 heterocycles. The van der Waals surface area contributed by atoms with E-state index >= 15 is 0 Å². The molecular weight excluding hydrogens is 568 g/mol. The molecule has 3 N–H and O–H groups in total. The second-order valence-corrected chi connectivity index (χ2v) is 8.79. The molecule has 0 saturated carbocycles. The minimum Gasteiger partial charge on any atom is -0.507 e. The Hall–Kier alpha value is -5.33. The van der Waals surface area contributed by atoms with E-state index in [-0.39, 0.29) is 48.6 Å². The van der Waals surface area contributed by atoms with Crippen LogP contribution in [0.2, 0.25) is 0 Å². The SMILES string of the molecule is C.C.COc1cc(O)c2c(=O)oc(C(C)C(=O)O)cc2c1.COc1cc(OC(C)=O)c2c(=O)oc(C(C)C(=O)O)cc2c1. The van der Waals surface area contributed by atoms with Crippen molar-refractivity contribution < 1.29 is 52.7 Å². The molecular formula is C30H34O13. The fourth-order valence-electron chi connectivity index (χ4n) is 3.72. The maximum absolute atomic E-state index is 12.1. The number of carboxylic acids is 2. The molecule has 0 amide bonds. The highest BCUT2D eigenvalue weighted by molar-refractivity contribution is 5.91. The Labute approximate surface area is 245 Å². The van der Waals surface area contributed by atoms with Crippen molar-refractivity contribution in [3.63, 3.8) is 0 Å². The van der Waals surface area contributed by atoms with Gasteiger partial charge in [0.15, 0.2) is 0 Å². The van der Waals surface area contributed by atoms with E-state index in [0.717, 1.165) is 0 Å². The number of carboxylic acid groups (broad SMARTS) is 2. The molecule has 2 unspecified atom stereocenters. The van der Waals surface area contributed by atoms with Gasteiger partial charge in [0.25, 0.3) is 0 Å². The summed E-state index contributed by atoms with van der Waals surface area (Å²) < 4.78 is 25.0. The van der Waals surface area contributed by atoms with Crippen LogP contribution in [-0.4, -0.2) is 47.4 Å². The largest absolute Gasteiger partial charge is 0.507 e. The molecule has 43 heavy (non-hydrogen) atoms. The zero-order valence-electron chi connectivity index (χ0n) is 22.5. The van der Waals surface area contributed by atoms with Gasteiger partial charge in [-0.2, -0.15) is 0 Å². The van der Waals surface area contributed by atoms with E-state index in [0.29, 0.717) is 22.3 Å². The Morgan fingerprint density at radius 3 is 1.56 bits per heavy atom. The number of phenolic OH excluding ortho intramolecular Hbond substituents is 1. The summed E-state index contributed by atoms with van der Waals surface area (Å²) in [4.78, 5) is 57.0. The zero-order chi connectivity index (χ0) is 30.6. The summed E-state index contributed by atoms with van der Waals surface area (Å²) in [5.74, 6) is -4.26. The number of carbonyl (C=O) groups is 3. The molecule has 0 aliphatic rings. The number of phenols is 1. The number of hydrogen-bond acceptors (Lipinski definition) is 11. The summed E-state index contributed by atoms with van der Waals surface area (Å²) in [7, 11) is 2.84. The van der Waals surface area contributed by atoms with Gasteiger partial charge >= 0.3 is 29.2 Å². The molecule has 2 atom stereocenters. The number of methoxy groups -OCH3 is 2. The van der Waals surface area contributed by atoms with Crippen molar-refractivity contribution in [2.45, 2.75) is 47.5 Å². The second kappa shape index (κ2) is 14.5. The monoisotopic (exact) mass is 602 g/mol. The Balaban J connectivity index is 0.000000415. The molecule has 4 aromatic rings. The lowest BCUT2D eigenvalue weighted by atomic mass is 10.1. The summed E-state index contributed by atoms with van der Waals surface area (Å²) in [6, 6.07) is 8.59. The van der Waals surface area contributed by atoms with Gasteiger partial charge in [-0.05, 0) is 48.9 Å². The number of ether oxygens (including phenoxy) is 3. The van der Waals surface area contributed by atoms with Crippen LogP contribution in [0.1, 0.15) is 59.0 Å². The molecule has 0 saturated heterocycles. The number of benzene rings is 2. The quantitative estimate of drug-likeness (QED) is 0.191. The van der Waals surface area contributed by atoms with Crippen molar-refractivity contribution >= 4 is 39.5 Å². The van der Waals surface area contributed by atoms with Crippen LogP contribution in [0.5, 0.6) is 23.0 Å². The molecule has 0 spiro atoms. The van der Waals surface area contributed by atoms with E-state index in [4.69, 9.17) is 33.3 Å². The summed E-state index contributed by atoms with van der Waals surface area (Å²) in [6.07, 6.45) is 0. The van der Waals surface area contributed by atoms with Crippen molar-refractivity contribution in [1.29, 1.82) is 0 Å². The Bertz CT molecular complexity index is 1760. The van der Waals surface area contributed by atoms with E-state index in [9.17, 15) is 29.1 Å². The van der Waals surface area contributed by atoms with Crippen LogP contribution in [0.25, 0.3) is 21.5 Å². The zero-order valence-corrected chi connectivity index (χ0v) is 22.5. The third kappa shape index (κ3) is 7.91. The number of aromatic hydroxyl groups is 1. The number of hydrogen-bond donors (Lipinski definition) is 3. The van der Waals surface area contributed by atoms with E-state index in [1.165, 1.54) is 71.4 Å². The first kappa shape index (κ1) is 35.7.